The molecule has 8 nitrogen and oxygen atoms in total. The van der Waals surface area contributed by atoms with E-state index in [0.29, 0.717) is 18.2 Å². The van der Waals surface area contributed by atoms with Crippen LogP contribution in [0.5, 0.6) is 0 Å². The van der Waals surface area contributed by atoms with Gasteiger partial charge < -0.3 is 4.90 Å². The van der Waals surface area contributed by atoms with E-state index in [2.05, 4.69) is 37.0 Å². The first-order valence-corrected chi connectivity index (χ1v) is 10.7. The molecule has 0 radical (unpaired) electrons. The Morgan fingerprint density at radius 2 is 1.94 bits per heavy atom. The van der Waals surface area contributed by atoms with E-state index in [1.165, 1.54) is 29.0 Å². The second kappa shape index (κ2) is 6.73. The summed E-state index contributed by atoms with van der Waals surface area (Å²) < 4.78 is 3.48. The van der Waals surface area contributed by atoms with Gasteiger partial charge in [0.25, 0.3) is 5.56 Å². The third-order valence-electron chi connectivity index (χ3n) is 6.45. The lowest BCUT2D eigenvalue weighted by atomic mass is 10.0. The fourth-order valence-corrected chi connectivity index (χ4v) is 4.35. The van der Waals surface area contributed by atoms with E-state index >= 15 is 0 Å². The summed E-state index contributed by atoms with van der Waals surface area (Å²) in [6, 6.07) is 4.24. The molecule has 0 spiro atoms. The van der Waals surface area contributed by atoms with Gasteiger partial charge in [0.1, 0.15) is 0 Å². The van der Waals surface area contributed by atoms with Crippen LogP contribution in [0, 0.1) is 13.8 Å². The van der Waals surface area contributed by atoms with Crippen LogP contribution < -0.4 is 10.5 Å². The second-order valence-corrected chi connectivity index (χ2v) is 8.53. The van der Waals surface area contributed by atoms with E-state index < -0.39 is 0 Å². The van der Waals surface area contributed by atoms with Gasteiger partial charge in [0.2, 0.25) is 0 Å². The number of rotatable bonds is 3. The molecule has 1 fully saturated rings. The van der Waals surface area contributed by atoms with Gasteiger partial charge in [-0.2, -0.15) is 9.61 Å². The Hall–Kier alpha value is -3.55. The van der Waals surface area contributed by atoms with Crippen LogP contribution in [0.25, 0.3) is 16.8 Å². The molecular formula is C23H23N7O. The maximum absolute atomic E-state index is 12.4. The smallest absolute Gasteiger partial charge is 0.274 e. The lowest BCUT2D eigenvalue weighted by molar-refractivity contribution is 0.642. The minimum atomic E-state index is -0.164. The zero-order valence-corrected chi connectivity index (χ0v) is 17.6. The van der Waals surface area contributed by atoms with Gasteiger partial charge >= 0.3 is 0 Å². The molecule has 0 saturated heterocycles. The molecule has 4 aromatic heterocycles. The van der Waals surface area contributed by atoms with Gasteiger partial charge in [0.15, 0.2) is 11.5 Å². The van der Waals surface area contributed by atoms with Gasteiger partial charge in [-0.05, 0) is 38.3 Å². The summed E-state index contributed by atoms with van der Waals surface area (Å²) in [6.45, 7) is 5.57. The molecule has 1 aliphatic carbocycles. The Kier molecular flexibility index (Phi) is 3.96. The summed E-state index contributed by atoms with van der Waals surface area (Å²) in [6.07, 6.45) is 10.8. The van der Waals surface area contributed by atoms with Crippen molar-refractivity contribution < 1.29 is 0 Å². The first-order valence-electron chi connectivity index (χ1n) is 10.7. The highest BCUT2D eigenvalue weighted by molar-refractivity contribution is 5.63. The molecule has 0 atom stereocenters. The average molecular weight is 413 g/mol. The minimum absolute atomic E-state index is 0.164. The number of nitrogens with zero attached hydrogens (tertiary/aromatic N) is 7. The highest BCUT2D eigenvalue weighted by Gasteiger charge is 2.25. The molecule has 0 bridgehead atoms. The van der Waals surface area contributed by atoms with Crippen LogP contribution in [0.2, 0.25) is 0 Å². The second-order valence-electron chi connectivity index (χ2n) is 8.53. The number of hydrogen-bond donors (Lipinski definition) is 0. The maximum atomic E-state index is 12.4. The van der Waals surface area contributed by atoms with Crippen LogP contribution in [0.4, 0.5) is 5.82 Å². The van der Waals surface area contributed by atoms with Gasteiger partial charge in [-0.25, -0.2) is 4.98 Å². The van der Waals surface area contributed by atoms with Gasteiger partial charge in [0, 0.05) is 72.1 Å². The summed E-state index contributed by atoms with van der Waals surface area (Å²) in [5.74, 6) is 0.831. The Bertz CT molecular complexity index is 1380. The van der Waals surface area contributed by atoms with Crippen molar-refractivity contribution in [2.75, 3.05) is 11.4 Å². The predicted molar refractivity (Wildman–Crippen MR) is 117 cm³/mol. The topological polar surface area (TPSA) is 81.2 Å². The Morgan fingerprint density at radius 1 is 1.06 bits per heavy atom. The van der Waals surface area contributed by atoms with Crippen molar-refractivity contribution in [3.05, 3.63) is 69.7 Å². The van der Waals surface area contributed by atoms with E-state index in [0.717, 1.165) is 46.7 Å². The van der Waals surface area contributed by atoms with Crippen molar-refractivity contribution in [1.82, 2.24) is 29.4 Å². The fraction of sp³-hybridized carbons (Fsp3) is 0.348. The van der Waals surface area contributed by atoms with Crippen LogP contribution in [0.3, 0.4) is 0 Å². The SMILES string of the molecule is Cc1c(N2CCc3ncc(-c4cnn(C5CC5)c4)cc3C2)nn2c(=O)ccnc2c1C. The maximum Gasteiger partial charge on any atom is 0.274 e. The molecule has 6 rings (SSSR count). The fourth-order valence-electron chi connectivity index (χ4n) is 4.35. The van der Waals surface area contributed by atoms with E-state index in [4.69, 9.17) is 4.98 Å². The van der Waals surface area contributed by atoms with Gasteiger partial charge in [-0.3, -0.25) is 14.5 Å². The van der Waals surface area contributed by atoms with Crippen LogP contribution in [-0.4, -0.2) is 35.9 Å². The zero-order valence-electron chi connectivity index (χ0n) is 17.6. The zero-order chi connectivity index (χ0) is 21.1. The number of hydrogen-bond acceptors (Lipinski definition) is 6. The van der Waals surface area contributed by atoms with Crippen LogP contribution in [0.1, 0.15) is 41.3 Å². The van der Waals surface area contributed by atoms with Crippen molar-refractivity contribution in [3.8, 4) is 11.1 Å². The van der Waals surface area contributed by atoms with Crippen molar-refractivity contribution in [3.63, 3.8) is 0 Å². The standard InChI is InChI=1S/C23H23N7O/c1-14-15(2)23(27-30-21(31)5-7-24-22(14)30)28-8-6-20-17(12-28)9-16(10-25-20)18-11-26-29(13-18)19-3-4-19/h5,7,9-11,13,19H,3-4,6,8,12H2,1-2H3. The van der Waals surface area contributed by atoms with E-state index in [1.807, 2.05) is 26.2 Å². The van der Waals surface area contributed by atoms with Crippen molar-refractivity contribution >= 4 is 11.5 Å². The Morgan fingerprint density at radius 3 is 2.77 bits per heavy atom. The largest absolute Gasteiger partial charge is 0.350 e. The van der Waals surface area contributed by atoms with Crippen LogP contribution in [0.15, 0.2) is 41.7 Å². The molecule has 1 aliphatic heterocycles. The van der Waals surface area contributed by atoms with E-state index in [-0.39, 0.29) is 5.56 Å². The molecule has 31 heavy (non-hydrogen) atoms. The predicted octanol–water partition coefficient (Wildman–Crippen LogP) is 2.86. The highest BCUT2D eigenvalue weighted by Crippen LogP contribution is 2.35. The molecule has 0 amide bonds. The minimum Gasteiger partial charge on any atom is -0.350 e. The third-order valence-corrected chi connectivity index (χ3v) is 6.45. The van der Waals surface area contributed by atoms with Gasteiger partial charge in [-0.1, -0.05) is 0 Å². The Balaban J connectivity index is 1.37. The van der Waals surface area contributed by atoms with Crippen molar-refractivity contribution in [2.24, 2.45) is 0 Å². The van der Waals surface area contributed by atoms with Gasteiger partial charge in [0.05, 0.1) is 12.2 Å². The van der Waals surface area contributed by atoms with Crippen molar-refractivity contribution in [1.29, 1.82) is 0 Å². The lowest BCUT2D eigenvalue weighted by Crippen LogP contribution is -2.33. The number of fused-ring (bicyclic) bond motifs is 2. The van der Waals surface area contributed by atoms with E-state index in [1.54, 1.807) is 6.20 Å². The summed E-state index contributed by atoms with van der Waals surface area (Å²) in [4.78, 5) is 23.7. The normalized spacial score (nSPS) is 16.0. The van der Waals surface area contributed by atoms with Crippen molar-refractivity contribution in [2.45, 2.75) is 45.7 Å². The number of aryl methyl sites for hydroxylation is 1. The third kappa shape index (κ3) is 3.01. The monoisotopic (exact) mass is 413 g/mol. The molecule has 156 valence electrons. The first-order chi connectivity index (χ1) is 15.1. The Labute approximate surface area is 179 Å². The highest BCUT2D eigenvalue weighted by atomic mass is 16.1. The molecule has 8 heteroatoms. The molecule has 5 heterocycles. The van der Waals surface area contributed by atoms with Crippen LogP contribution >= 0.6 is 0 Å². The molecular weight excluding hydrogens is 390 g/mol. The number of aromatic nitrogens is 6. The summed E-state index contributed by atoms with van der Waals surface area (Å²) in [5.41, 5.74) is 7.00. The lowest BCUT2D eigenvalue weighted by Gasteiger charge is -2.31. The molecule has 0 aromatic carbocycles. The van der Waals surface area contributed by atoms with Crippen LogP contribution in [-0.2, 0) is 13.0 Å². The average Bonchev–Trinajstić information content (AvgIpc) is 3.52. The molecule has 0 N–H and O–H groups in total. The molecule has 1 saturated carbocycles. The molecule has 0 unspecified atom stereocenters. The summed E-state index contributed by atoms with van der Waals surface area (Å²) in [7, 11) is 0. The first kappa shape index (κ1) is 18.2. The van der Waals surface area contributed by atoms with Gasteiger partial charge in [-0.15, -0.1) is 5.10 Å². The van der Waals surface area contributed by atoms with E-state index in [9.17, 15) is 4.79 Å². The number of pyridine rings is 1. The molecule has 2 aliphatic rings. The summed E-state index contributed by atoms with van der Waals surface area (Å²) in [5, 5.41) is 9.19. The number of anilines is 1. The molecule has 4 aromatic rings. The summed E-state index contributed by atoms with van der Waals surface area (Å²) >= 11 is 0. The quantitative estimate of drug-likeness (QED) is 0.514.